The molecule has 1 heterocycles. The zero-order valence-electron chi connectivity index (χ0n) is 11.3. The number of nitrogens with zero attached hydrogens (tertiary/aromatic N) is 3. The Morgan fingerprint density at radius 3 is 2.86 bits per heavy atom. The van der Waals surface area contributed by atoms with E-state index in [4.69, 9.17) is 0 Å². The van der Waals surface area contributed by atoms with Crippen molar-refractivity contribution in [2.45, 2.75) is 19.9 Å². The van der Waals surface area contributed by atoms with Crippen molar-refractivity contribution < 1.29 is 14.8 Å². The van der Waals surface area contributed by atoms with E-state index in [1.54, 1.807) is 10.9 Å². The molecule has 1 aromatic carbocycles. The normalized spacial score (nSPS) is 10.3. The molecule has 1 amide bonds. The van der Waals surface area contributed by atoms with Crippen molar-refractivity contribution in [1.82, 2.24) is 9.78 Å². The van der Waals surface area contributed by atoms with Gasteiger partial charge in [-0.25, -0.2) is 0 Å². The van der Waals surface area contributed by atoms with Gasteiger partial charge < -0.3 is 10.4 Å². The number of phenols is 1. The van der Waals surface area contributed by atoms with E-state index < -0.39 is 4.92 Å². The number of rotatable bonds is 5. The molecule has 0 aliphatic carbocycles. The summed E-state index contributed by atoms with van der Waals surface area (Å²) >= 11 is 0. The van der Waals surface area contributed by atoms with E-state index in [-0.39, 0.29) is 29.5 Å². The lowest BCUT2D eigenvalue weighted by Crippen LogP contribution is -2.15. The van der Waals surface area contributed by atoms with Crippen LogP contribution in [-0.4, -0.2) is 25.7 Å². The SMILES string of the molecule is Cc1ccnn1CCC(=O)Nc1cc([N+](=O)[O-])ccc1O. The average molecular weight is 290 g/mol. The lowest BCUT2D eigenvalue weighted by Gasteiger charge is -2.08. The summed E-state index contributed by atoms with van der Waals surface area (Å²) in [5.74, 6) is -0.579. The van der Waals surface area contributed by atoms with E-state index in [0.717, 1.165) is 17.8 Å². The van der Waals surface area contributed by atoms with Crippen LogP contribution in [0.1, 0.15) is 12.1 Å². The number of phenolic OH excluding ortho intramolecular Hbond substituents is 1. The van der Waals surface area contributed by atoms with Gasteiger partial charge in [0.25, 0.3) is 5.69 Å². The fourth-order valence-corrected chi connectivity index (χ4v) is 1.79. The predicted molar refractivity (Wildman–Crippen MR) is 75.0 cm³/mol. The van der Waals surface area contributed by atoms with E-state index in [0.29, 0.717) is 6.54 Å². The summed E-state index contributed by atoms with van der Waals surface area (Å²) in [4.78, 5) is 21.9. The van der Waals surface area contributed by atoms with Crippen LogP contribution in [0.15, 0.2) is 30.5 Å². The summed E-state index contributed by atoms with van der Waals surface area (Å²) in [6, 6.07) is 5.28. The van der Waals surface area contributed by atoms with Crippen molar-refractivity contribution in [3.8, 4) is 5.75 Å². The van der Waals surface area contributed by atoms with Crippen LogP contribution in [0, 0.1) is 17.0 Å². The summed E-state index contributed by atoms with van der Waals surface area (Å²) in [5, 5.41) is 26.8. The van der Waals surface area contributed by atoms with E-state index in [1.807, 2.05) is 13.0 Å². The van der Waals surface area contributed by atoms with Gasteiger partial charge in [-0.15, -0.1) is 0 Å². The number of aromatic hydroxyl groups is 1. The molecule has 0 aliphatic rings. The fourth-order valence-electron chi connectivity index (χ4n) is 1.79. The molecular formula is C13H14N4O4. The number of nitro groups is 1. The van der Waals surface area contributed by atoms with Crippen molar-refractivity contribution in [2.24, 2.45) is 0 Å². The minimum absolute atomic E-state index is 0.0198. The molecule has 0 aliphatic heterocycles. The standard InChI is InChI=1S/C13H14N4O4/c1-9-4-6-14-16(9)7-5-13(19)15-11-8-10(17(20)21)2-3-12(11)18/h2-4,6,8,18H,5,7H2,1H3,(H,15,19). The predicted octanol–water partition coefficient (Wildman–Crippen LogP) is 1.83. The van der Waals surface area contributed by atoms with Gasteiger partial charge in [-0.1, -0.05) is 0 Å². The molecule has 8 heteroatoms. The zero-order valence-corrected chi connectivity index (χ0v) is 11.3. The fraction of sp³-hybridized carbons (Fsp3) is 0.231. The quantitative estimate of drug-likeness (QED) is 0.496. The minimum atomic E-state index is -0.595. The van der Waals surface area contributed by atoms with E-state index in [2.05, 4.69) is 10.4 Å². The Morgan fingerprint density at radius 1 is 1.48 bits per heavy atom. The summed E-state index contributed by atoms with van der Waals surface area (Å²) in [5.41, 5.74) is 0.749. The third-order valence-electron chi connectivity index (χ3n) is 2.94. The number of nitrogens with one attached hydrogen (secondary N) is 1. The van der Waals surface area contributed by atoms with Crippen LogP contribution in [0.5, 0.6) is 5.75 Å². The number of amides is 1. The molecule has 2 aromatic rings. The van der Waals surface area contributed by atoms with Crippen LogP contribution in [0.25, 0.3) is 0 Å². The van der Waals surface area contributed by atoms with Crippen LogP contribution in [0.4, 0.5) is 11.4 Å². The molecule has 1 aromatic heterocycles. The maximum atomic E-state index is 11.8. The van der Waals surface area contributed by atoms with Crippen molar-refractivity contribution >= 4 is 17.3 Å². The summed E-state index contributed by atoms with van der Waals surface area (Å²) in [6.07, 6.45) is 1.78. The highest BCUT2D eigenvalue weighted by Gasteiger charge is 2.12. The van der Waals surface area contributed by atoms with Gasteiger partial charge in [0.15, 0.2) is 0 Å². The Morgan fingerprint density at radius 2 is 2.24 bits per heavy atom. The minimum Gasteiger partial charge on any atom is -0.506 e. The molecule has 0 unspecified atom stereocenters. The number of hydrogen-bond donors (Lipinski definition) is 2. The highest BCUT2D eigenvalue weighted by atomic mass is 16.6. The van der Waals surface area contributed by atoms with Gasteiger partial charge in [-0.05, 0) is 19.1 Å². The van der Waals surface area contributed by atoms with E-state index in [9.17, 15) is 20.0 Å². The van der Waals surface area contributed by atoms with Crippen molar-refractivity contribution in [3.63, 3.8) is 0 Å². The molecule has 21 heavy (non-hydrogen) atoms. The lowest BCUT2D eigenvalue weighted by molar-refractivity contribution is -0.384. The number of non-ortho nitro benzene ring substituents is 1. The number of carbonyl (C=O) groups excluding carboxylic acids is 1. The second-order valence-corrected chi connectivity index (χ2v) is 4.45. The molecule has 8 nitrogen and oxygen atoms in total. The Kier molecular flexibility index (Phi) is 4.17. The first kappa shape index (κ1) is 14.5. The maximum Gasteiger partial charge on any atom is 0.271 e. The smallest absolute Gasteiger partial charge is 0.271 e. The van der Waals surface area contributed by atoms with Gasteiger partial charge in [0.1, 0.15) is 5.75 Å². The van der Waals surface area contributed by atoms with Gasteiger partial charge in [0.2, 0.25) is 5.91 Å². The Hall–Kier alpha value is -2.90. The van der Waals surface area contributed by atoms with Gasteiger partial charge in [-0.3, -0.25) is 19.6 Å². The van der Waals surface area contributed by atoms with E-state index in [1.165, 1.54) is 6.07 Å². The molecule has 0 fully saturated rings. The van der Waals surface area contributed by atoms with Gasteiger partial charge in [0.05, 0.1) is 10.6 Å². The largest absolute Gasteiger partial charge is 0.506 e. The van der Waals surface area contributed by atoms with Crippen LogP contribution in [0.2, 0.25) is 0 Å². The number of benzene rings is 1. The second-order valence-electron chi connectivity index (χ2n) is 4.45. The van der Waals surface area contributed by atoms with Gasteiger partial charge >= 0.3 is 0 Å². The lowest BCUT2D eigenvalue weighted by atomic mass is 10.2. The first-order valence-electron chi connectivity index (χ1n) is 6.23. The molecular weight excluding hydrogens is 276 g/mol. The monoisotopic (exact) mass is 290 g/mol. The zero-order chi connectivity index (χ0) is 15.4. The summed E-state index contributed by atoms with van der Waals surface area (Å²) in [6.45, 7) is 2.26. The first-order chi connectivity index (χ1) is 9.97. The molecule has 110 valence electrons. The number of nitro benzene ring substituents is 1. The second kappa shape index (κ2) is 6.04. The van der Waals surface area contributed by atoms with Gasteiger partial charge in [0, 0.05) is 37.0 Å². The maximum absolute atomic E-state index is 11.8. The molecule has 0 radical (unpaired) electrons. The molecule has 0 bridgehead atoms. The molecule has 0 saturated heterocycles. The van der Waals surface area contributed by atoms with Gasteiger partial charge in [-0.2, -0.15) is 5.10 Å². The molecule has 2 N–H and O–H groups in total. The molecule has 0 spiro atoms. The Bertz CT molecular complexity index is 681. The van der Waals surface area contributed by atoms with Crippen LogP contribution in [0.3, 0.4) is 0 Å². The van der Waals surface area contributed by atoms with Crippen molar-refractivity contribution in [1.29, 1.82) is 0 Å². The van der Waals surface area contributed by atoms with Crippen molar-refractivity contribution in [3.05, 3.63) is 46.3 Å². The number of aryl methyl sites for hydroxylation is 2. The molecule has 2 rings (SSSR count). The van der Waals surface area contributed by atoms with Crippen molar-refractivity contribution in [2.75, 3.05) is 5.32 Å². The van der Waals surface area contributed by atoms with E-state index >= 15 is 0 Å². The molecule has 0 atom stereocenters. The first-order valence-corrected chi connectivity index (χ1v) is 6.23. The Labute approximate surface area is 120 Å². The number of hydrogen-bond acceptors (Lipinski definition) is 5. The third-order valence-corrected chi connectivity index (χ3v) is 2.94. The number of carbonyl (C=O) groups is 1. The van der Waals surface area contributed by atoms with Crippen LogP contribution >= 0.6 is 0 Å². The summed E-state index contributed by atoms with van der Waals surface area (Å²) in [7, 11) is 0. The third kappa shape index (κ3) is 3.56. The highest BCUT2D eigenvalue weighted by Crippen LogP contribution is 2.27. The average Bonchev–Trinajstić information content (AvgIpc) is 2.84. The van der Waals surface area contributed by atoms with Crippen LogP contribution < -0.4 is 5.32 Å². The van der Waals surface area contributed by atoms with Crippen LogP contribution in [-0.2, 0) is 11.3 Å². The molecule has 0 saturated carbocycles. The topological polar surface area (TPSA) is 110 Å². The summed E-state index contributed by atoms with van der Waals surface area (Å²) < 4.78 is 1.67. The highest BCUT2D eigenvalue weighted by molar-refractivity contribution is 5.92. The number of aromatic nitrogens is 2. The number of anilines is 1. The Balaban J connectivity index is 2.01.